The van der Waals surface area contributed by atoms with Crippen LogP contribution in [0.2, 0.25) is 0 Å². The van der Waals surface area contributed by atoms with E-state index in [0.717, 1.165) is 37.4 Å². The summed E-state index contributed by atoms with van der Waals surface area (Å²) in [7, 11) is 0. The molecule has 0 radical (unpaired) electrons. The van der Waals surface area contributed by atoms with Gasteiger partial charge in [0.2, 0.25) is 0 Å². The van der Waals surface area contributed by atoms with Crippen molar-refractivity contribution in [3.63, 3.8) is 0 Å². The Balaban J connectivity index is 1.37. The Kier molecular flexibility index (Phi) is 3.37. The largest absolute Gasteiger partial charge is 0.373 e. The van der Waals surface area contributed by atoms with Crippen LogP contribution in [0.15, 0.2) is 48.5 Å². The molecule has 2 aromatic carbocycles. The first-order chi connectivity index (χ1) is 10.3. The zero-order chi connectivity index (χ0) is 14.1. The summed E-state index contributed by atoms with van der Waals surface area (Å²) in [6, 6.07) is 17.2. The molecule has 3 heteroatoms. The summed E-state index contributed by atoms with van der Waals surface area (Å²) in [5.41, 5.74) is 4.91. The summed E-state index contributed by atoms with van der Waals surface area (Å²) in [5.74, 6) is 0. The molecule has 0 aromatic heterocycles. The third-order valence-electron chi connectivity index (χ3n) is 3.93. The Bertz CT molecular complexity index is 543. The van der Waals surface area contributed by atoms with Crippen molar-refractivity contribution < 1.29 is 9.47 Å². The first kappa shape index (κ1) is 12.9. The van der Waals surface area contributed by atoms with Gasteiger partial charge in [-0.15, -0.1) is 0 Å². The molecule has 2 saturated heterocycles. The standard InChI is InChI=1S/C18H19NO2/c1-5-15(6-2-13(1)9-17-11-20-17)19-16-7-3-14(4-8-16)10-18-12-21-18/h1-8,17-19H,9-12H2. The van der Waals surface area contributed by atoms with E-state index >= 15 is 0 Å². The van der Waals surface area contributed by atoms with Gasteiger partial charge in [-0.3, -0.25) is 0 Å². The van der Waals surface area contributed by atoms with Gasteiger partial charge in [0.25, 0.3) is 0 Å². The quantitative estimate of drug-likeness (QED) is 0.825. The van der Waals surface area contributed by atoms with E-state index in [1.54, 1.807) is 0 Å². The predicted octanol–water partition coefficient (Wildman–Crippen LogP) is 3.31. The number of nitrogens with one attached hydrogen (secondary N) is 1. The van der Waals surface area contributed by atoms with Crippen molar-refractivity contribution in [1.82, 2.24) is 0 Å². The minimum Gasteiger partial charge on any atom is -0.373 e. The molecule has 2 aliphatic heterocycles. The van der Waals surface area contributed by atoms with Gasteiger partial charge in [-0.25, -0.2) is 0 Å². The van der Waals surface area contributed by atoms with E-state index < -0.39 is 0 Å². The van der Waals surface area contributed by atoms with Gasteiger partial charge in [0, 0.05) is 24.2 Å². The van der Waals surface area contributed by atoms with Gasteiger partial charge in [-0.05, 0) is 35.4 Å². The monoisotopic (exact) mass is 281 g/mol. The minimum absolute atomic E-state index is 0.451. The summed E-state index contributed by atoms with van der Waals surface area (Å²) in [6.07, 6.45) is 2.95. The fraction of sp³-hybridized carbons (Fsp3) is 0.333. The molecular weight excluding hydrogens is 262 g/mol. The summed E-state index contributed by atoms with van der Waals surface area (Å²) in [5, 5.41) is 3.43. The fourth-order valence-corrected chi connectivity index (χ4v) is 2.51. The number of rotatable bonds is 6. The van der Waals surface area contributed by atoms with Crippen molar-refractivity contribution in [3.8, 4) is 0 Å². The molecule has 3 nitrogen and oxygen atoms in total. The van der Waals surface area contributed by atoms with Crippen LogP contribution in [0.4, 0.5) is 11.4 Å². The number of anilines is 2. The maximum absolute atomic E-state index is 5.26. The van der Waals surface area contributed by atoms with Gasteiger partial charge in [0.1, 0.15) is 0 Å². The average Bonchev–Trinajstić information content (AvgIpc) is 3.40. The van der Waals surface area contributed by atoms with Crippen LogP contribution in [0, 0.1) is 0 Å². The Labute approximate surface area is 124 Å². The lowest BCUT2D eigenvalue weighted by Gasteiger charge is -2.08. The molecular formula is C18H19NO2. The molecule has 2 fully saturated rings. The third kappa shape index (κ3) is 3.63. The highest BCUT2D eigenvalue weighted by Gasteiger charge is 2.22. The first-order valence-corrected chi connectivity index (χ1v) is 7.53. The molecule has 2 atom stereocenters. The topological polar surface area (TPSA) is 37.1 Å². The Morgan fingerprint density at radius 1 is 0.714 bits per heavy atom. The SMILES string of the molecule is c1cc(Nc2ccc(CC3CO3)cc2)ccc1CC1CO1. The molecule has 0 aliphatic carbocycles. The van der Waals surface area contributed by atoms with Crippen molar-refractivity contribution in [2.75, 3.05) is 18.5 Å². The van der Waals surface area contributed by atoms with E-state index in [1.165, 1.54) is 11.1 Å². The van der Waals surface area contributed by atoms with Crippen LogP contribution < -0.4 is 5.32 Å². The van der Waals surface area contributed by atoms with Gasteiger partial charge < -0.3 is 14.8 Å². The van der Waals surface area contributed by atoms with Crippen LogP contribution in [0.1, 0.15) is 11.1 Å². The Morgan fingerprint density at radius 2 is 1.10 bits per heavy atom. The summed E-state index contributed by atoms with van der Waals surface area (Å²) in [4.78, 5) is 0. The summed E-state index contributed by atoms with van der Waals surface area (Å²) < 4.78 is 10.5. The number of hydrogen-bond donors (Lipinski definition) is 1. The van der Waals surface area contributed by atoms with Gasteiger partial charge >= 0.3 is 0 Å². The van der Waals surface area contributed by atoms with E-state index in [0.29, 0.717) is 12.2 Å². The Hall–Kier alpha value is -1.84. The maximum Gasteiger partial charge on any atom is 0.0850 e. The molecule has 1 N–H and O–H groups in total. The number of hydrogen-bond acceptors (Lipinski definition) is 3. The molecule has 108 valence electrons. The molecule has 0 spiro atoms. The predicted molar refractivity (Wildman–Crippen MR) is 83.1 cm³/mol. The van der Waals surface area contributed by atoms with Crippen LogP contribution in [-0.4, -0.2) is 25.4 Å². The number of epoxide rings is 2. The number of benzene rings is 2. The molecule has 2 heterocycles. The molecule has 2 aliphatic rings. The normalized spacial score (nSPS) is 22.9. The van der Waals surface area contributed by atoms with Crippen LogP contribution in [0.25, 0.3) is 0 Å². The molecule has 0 saturated carbocycles. The lowest BCUT2D eigenvalue weighted by molar-refractivity contribution is 0.407. The van der Waals surface area contributed by atoms with Gasteiger partial charge in [0.05, 0.1) is 25.4 Å². The van der Waals surface area contributed by atoms with Crippen LogP contribution in [0.5, 0.6) is 0 Å². The summed E-state index contributed by atoms with van der Waals surface area (Å²) in [6.45, 7) is 1.83. The highest BCUT2D eigenvalue weighted by atomic mass is 16.6. The molecule has 0 bridgehead atoms. The first-order valence-electron chi connectivity index (χ1n) is 7.53. The van der Waals surface area contributed by atoms with Gasteiger partial charge in [0.15, 0.2) is 0 Å². The molecule has 21 heavy (non-hydrogen) atoms. The van der Waals surface area contributed by atoms with E-state index in [-0.39, 0.29) is 0 Å². The van der Waals surface area contributed by atoms with E-state index in [2.05, 4.69) is 53.8 Å². The van der Waals surface area contributed by atoms with Crippen LogP contribution in [0.3, 0.4) is 0 Å². The summed E-state index contributed by atoms with van der Waals surface area (Å²) >= 11 is 0. The van der Waals surface area contributed by atoms with E-state index in [1.807, 2.05) is 0 Å². The van der Waals surface area contributed by atoms with E-state index in [9.17, 15) is 0 Å². The molecule has 2 unspecified atom stereocenters. The van der Waals surface area contributed by atoms with Crippen LogP contribution >= 0.6 is 0 Å². The second kappa shape index (κ2) is 5.51. The lowest BCUT2D eigenvalue weighted by Crippen LogP contribution is -1.95. The Morgan fingerprint density at radius 3 is 1.43 bits per heavy atom. The smallest absolute Gasteiger partial charge is 0.0850 e. The highest BCUT2D eigenvalue weighted by Crippen LogP contribution is 2.22. The van der Waals surface area contributed by atoms with Crippen molar-refractivity contribution in [2.45, 2.75) is 25.0 Å². The van der Waals surface area contributed by atoms with Crippen molar-refractivity contribution in [1.29, 1.82) is 0 Å². The van der Waals surface area contributed by atoms with Gasteiger partial charge in [-0.2, -0.15) is 0 Å². The fourth-order valence-electron chi connectivity index (χ4n) is 2.51. The second-order valence-electron chi connectivity index (χ2n) is 5.84. The molecule has 4 rings (SSSR count). The molecule has 0 amide bonds. The minimum atomic E-state index is 0.451. The van der Waals surface area contributed by atoms with Crippen LogP contribution in [-0.2, 0) is 22.3 Å². The highest BCUT2D eigenvalue weighted by molar-refractivity contribution is 5.60. The van der Waals surface area contributed by atoms with E-state index in [4.69, 9.17) is 9.47 Å². The average molecular weight is 281 g/mol. The van der Waals surface area contributed by atoms with Gasteiger partial charge in [-0.1, -0.05) is 24.3 Å². The lowest BCUT2D eigenvalue weighted by atomic mass is 10.1. The van der Waals surface area contributed by atoms with Crippen molar-refractivity contribution in [2.24, 2.45) is 0 Å². The second-order valence-corrected chi connectivity index (χ2v) is 5.84. The third-order valence-corrected chi connectivity index (χ3v) is 3.93. The zero-order valence-electron chi connectivity index (χ0n) is 11.9. The zero-order valence-corrected chi connectivity index (χ0v) is 11.9. The molecule has 2 aromatic rings. The maximum atomic E-state index is 5.26. The van der Waals surface area contributed by atoms with Crippen molar-refractivity contribution in [3.05, 3.63) is 59.7 Å². The van der Waals surface area contributed by atoms with Crippen molar-refractivity contribution >= 4 is 11.4 Å². The number of ether oxygens (including phenoxy) is 2.